The van der Waals surface area contributed by atoms with Crippen molar-refractivity contribution in [1.82, 2.24) is 0 Å². The van der Waals surface area contributed by atoms with E-state index in [1.54, 1.807) is 13.2 Å². The average Bonchev–Trinajstić information content (AvgIpc) is 2.52. The number of rotatable bonds is 3. The first kappa shape index (κ1) is 13.4. The third kappa shape index (κ3) is 2.55. The van der Waals surface area contributed by atoms with Crippen LogP contribution < -0.4 is 10.4 Å². The second kappa shape index (κ2) is 5.44. The lowest BCUT2D eigenvalue weighted by Gasteiger charge is -2.10. The van der Waals surface area contributed by atoms with E-state index in [1.807, 2.05) is 37.3 Å². The Morgan fingerprint density at radius 1 is 1.10 bits per heavy atom. The van der Waals surface area contributed by atoms with Crippen LogP contribution in [0.2, 0.25) is 0 Å². The fraction of sp³-hybridized carbons (Fsp3) is 0.167. The summed E-state index contributed by atoms with van der Waals surface area (Å²) in [7, 11) is 1.60. The van der Waals surface area contributed by atoms with Crippen molar-refractivity contribution in [1.29, 1.82) is 0 Å². The van der Waals surface area contributed by atoms with Crippen LogP contribution in [0.15, 0.2) is 57.7 Å². The summed E-state index contributed by atoms with van der Waals surface area (Å²) in [4.78, 5) is 12.0. The smallest absolute Gasteiger partial charge is 0.339 e. The van der Waals surface area contributed by atoms with E-state index in [0.29, 0.717) is 23.3 Å². The lowest BCUT2D eigenvalue weighted by molar-refractivity contribution is 0.414. The van der Waals surface area contributed by atoms with Crippen molar-refractivity contribution in [2.24, 2.45) is 0 Å². The minimum Gasteiger partial charge on any atom is -0.497 e. The van der Waals surface area contributed by atoms with Crippen molar-refractivity contribution in [3.05, 3.63) is 75.6 Å². The summed E-state index contributed by atoms with van der Waals surface area (Å²) < 4.78 is 10.6. The minimum atomic E-state index is -0.290. The van der Waals surface area contributed by atoms with E-state index in [-0.39, 0.29) is 5.63 Å². The van der Waals surface area contributed by atoms with Gasteiger partial charge in [-0.1, -0.05) is 30.3 Å². The van der Waals surface area contributed by atoms with Crippen LogP contribution in [0.4, 0.5) is 0 Å². The molecule has 0 radical (unpaired) electrons. The topological polar surface area (TPSA) is 39.4 Å². The Balaban J connectivity index is 2.20. The molecule has 0 fully saturated rings. The maximum absolute atomic E-state index is 12.0. The average molecular weight is 280 g/mol. The Morgan fingerprint density at radius 3 is 2.57 bits per heavy atom. The Labute approximate surface area is 122 Å². The predicted octanol–water partition coefficient (Wildman–Crippen LogP) is 3.70. The molecule has 0 aliphatic rings. The van der Waals surface area contributed by atoms with Gasteiger partial charge >= 0.3 is 5.63 Å². The van der Waals surface area contributed by atoms with Gasteiger partial charge in [0.25, 0.3) is 0 Å². The summed E-state index contributed by atoms with van der Waals surface area (Å²) in [6.45, 7) is 1.81. The van der Waals surface area contributed by atoms with Crippen molar-refractivity contribution < 1.29 is 9.15 Å². The fourth-order valence-corrected chi connectivity index (χ4v) is 2.49. The van der Waals surface area contributed by atoms with Gasteiger partial charge in [0.1, 0.15) is 11.3 Å². The lowest BCUT2D eigenvalue weighted by Crippen LogP contribution is -2.08. The molecule has 0 amide bonds. The molecule has 3 rings (SSSR count). The van der Waals surface area contributed by atoms with Crippen molar-refractivity contribution in [2.75, 3.05) is 7.11 Å². The molecule has 0 aliphatic heterocycles. The zero-order valence-corrected chi connectivity index (χ0v) is 12.1. The molecule has 0 atom stereocenters. The number of methoxy groups -OCH3 is 1. The molecular formula is C18H16O3. The van der Waals surface area contributed by atoms with Gasteiger partial charge in [-0.25, -0.2) is 4.79 Å². The number of hydrogen-bond acceptors (Lipinski definition) is 3. The van der Waals surface area contributed by atoms with Crippen LogP contribution in [0.25, 0.3) is 11.0 Å². The second-order valence-corrected chi connectivity index (χ2v) is 5.02. The summed E-state index contributed by atoms with van der Waals surface area (Å²) >= 11 is 0. The highest BCUT2D eigenvalue weighted by atomic mass is 16.5. The highest BCUT2D eigenvalue weighted by Crippen LogP contribution is 2.26. The number of benzene rings is 2. The number of fused-ring (bicyclic) bond motifs is 1. The van der Waals surface area contributed by atoms with E-state index >= 15 is 0 Å². The van der Waals surface area contributed by atoms with E-state index in [1.165, 1.54) is 5.56 Å². The highest BCUT2D eigenvalue weighted by Gasteiger charge is 2.12. The predicted molar refractivity (Wildman–Crippen MR) is 83.0 cm³/mol. The summed E-state index contributed by atoms with van der Waals surface area (Å²) in [6.07, 6.45) is 0.709. The first-order valence-corrected chi connectivity index (χ1v) is 6.83. The highest BCUT2D eigenvalue weighted by molar-refractivity contribution is 5.83. The maximum atomic E-state index is 12.0. The van der Waals surface area contributed by atoms with Crippen molar-refractivity contribution in [2.45, 2.75) is 13.3 Å². The molecule has 0 saturated carbocycles. The van der Waals surface area contributed by atoms with Gasteiger partial charge in [-0.05, 0) is 36.6 Å². The molecule has 21 heavy (non-hydrogen) atoms. The van der Waals surface area contributed by atoms with E-state index in [9.17, 15) is 4.79 Å². The maximum Gasteiger partial charge on any atom is 0.339 e. The molecule has 3 nitrogen and oxygen atoms in total. The van der Waals surface area contributed by atoms with Crippen LogP contribution in [0.1, 0.15) is 16.7 Å². The van der Waals surface area contributed by atoms with Crippen molar-refractivity contribution in [3.63, 3.8) is 0 Å². The van der Waals surface area contributed by atoms with Gasteiger partial charge < -0.3 is 9.15 Å². The van der Waals surface area contributed by atoms with Crippen LogP contribution in [0, 0.1) is 6.92 Å². The van der Waals surface area contributed by atoms with Gasteiger partial charge in [0.2, 0.25) is 0 Å². The molecule has 1 aromatic heterocycles. The molecule has 0 aliphatic carbocycles. The SMILES string of the molecule is COc1ccc2c(Cc3ccccc3)c(C)c(=O)oc2c1. The largest absolute Gasteiger partial charge is 0.497 e. The molecule has 0 spiro atoms. The van der Waals surface area contributed by atoms with Crippen LogP contribution in [-0.2, 0) is 6.42 Å². The van der Waals surface area contributed by atoms with Gasteiger partial charge in [-0.3, -0.25) is 0 Å². The van der Waals surface area contributed by atoms with Gasteiger partial charge in [0.05, 0.1) is 7.11 Å². The van der Waals surface area contributed by atoms with Crippen LogP contribution in [0.5, 0.6) is 5.75 Å². The summed E-state index contributed by atoms with van der Waals surface area (Å²) in [5, 5.41) is 0.955. The third-order valence-electron chi connectivity index (χ3n) is 3.70. The van der Waals surface area contributed by atoms with Crippen LogP contribution in [0.3, 0.4) is 0 Å². The summed E-state index contributed by atoms with van der Waals surface area (Å²) in [5.74, 6) is 0.681. The van der Waals surface area contributed by atoms with Gasteiger partial charge in [-0.2, -0.15) is 0 Å². The van der Waals surface area contributed by atoms with Gasteiger partial charge in [0, 0.05) is 17.0 Å². The molecule has 106 valence electrons. The molecule has 3 heteroatoms. The monoisotopic (exact) mass is 280 g/mol. The van der Waals surface area contributed by atoms with E-state index in [2.05, 4.69) is 12.1 Å². The summed E-state index contributed by atoms with van der Waals surface area (Å²) in [5.41, 5.74) is 3.12. The Hall–Kier alpha value is -2.55. The summed E-state index contributed by atoms with van der Waals surface area (Å²) in [6, 6.07) is 15.7. The quantitative estimate of drug-likeness (QED) is 0.687. The lowest BCUT2D eigenvalue weighted by atomic mass is 9.98. The zero-order chi connectivity index (χ0) is 14.8. The van der Waals surface area contributed by atoms with Crippen LogP contribution >= 0.6 is 0 Å². The Bertz CT molecular complexity index is 832. The molecule has 1 heterocycles. The molecule has 3 aromatic rings. The molecule has 0 saturated heterocycles. The second-order valence-electron chi connectivity index (χ2n) is 5.02. The molecule has 2 aromatic carbocycles. The van der Waals surface area contributed by atoms with E-state index in [4.69, 9.17) is 9.15 Å². The van der Waals surface area contributed by atoms with E-state index < -0.39 is 0 Å². The number of ether oxygens (including phenoxy) is 1. The zero-order valence-electron chi connectivity index (χ0n) is 12.1. The molecular weight excluding hydrogens is 264 g/mol. The first-order valence-electron chi connectivity index (χ1n) is 6.83. The van der Waals surface area contributed by atoms with Crippen molar-refractivity contribution in [3.8, 4) is 5.75 Å². The van der Waals surface area contributed by atoms with E-state index in [0.717, 1.165) is 10.9 Å². The number of hydrogen-bond donors (Lipinski definition) is 0. The third-order valence-corrected chi connectivity index (χ3v) is 3.70. The Morgan fingerprint density at radius 2 is 1.86 bits per heavy atom. The fourth-order valence-electron chi connectivity index (χ4n) is 2.49. The van der Waals surface area contributed by atoms with Crippen LogP contribution in [-0.4, -0.2) is 7.11 Å². The molecule has 0 unspecified atom stereocenters. The van der Waals surface area contributed by atoms with Gasteiger partial charge in [0.15, 0.2) is 0 Å². The first-order chi connectivity index (χ1) is 10.2. The minimum absolute atomic E-state index is 0.290. The Kier molecular flexibility index (Phi) is 3.48. The molecule has 0 N–H and O–H groups in total. The van der Waals surface area contributed by atoms with Crippen molar-refractivity contribution >= 4 is 11.0 Å². The van der Waals surface area contributed by atoms with Gasteiger partial charge in [-0.15, -0.1) is 0 Å². The standard InChI is InChI=1S/C18H16O3/c1-12-16(10-13-6-4-3-5-7-13)15-9-8-14(20-2)11-17(15)21-18(12)19/h3-9,11H,10H2,1-2H3. The normalized spacial score (nSPS) is 10.8. The molecule has 0 bridgehead atoms.